The van der Waals surface area contributed by atoms with Crippen LogP contribution in [0, 0.1) is 0 Å². The van der Waals surface area contributed by atoms with E-state index in [0.29, 0.717) is 0 Å². The van der Waals surface area contributed by atoms with Crippen molar-refractivity contribution in [1.29, 1.82) is 0 Å². The average Bonchev–Trinajstić information content (AvgIpc) is 2.49. The molecule has 114 valence electrons. The van der Waals surface area contributed by atoms with Crippen LogP contribution in [0.3, 0.4) is 0 Å². The van der Waals surface area contributed by atoms with Crippen molar-refractivity contribution >= 4 is 0 Å². The zero-order chi connectivity index (χ0) is 14.8. The number of nitrogens with zero attached hydrogens (tertiary/aromatic N) is 1. The molecule has 0 saturated carbocycles. The van der Waals surface area contributed by atoms with Crippen molar-refractivity contribution in [3.05, 3.63) is 29.8 Å². The van der Waals surface area contributed by atoms with Gasteiger partial charge in [0.25, 0.3) is 0 Å². The number of hydrogen-bond donors (Lipinski definition) is 1. The van der Waals surface area contributed by atoms with Gasteiger partial charge in [0, 0.05) is 6.54 Å². The van der Waals surface area contributed by atoms with Gasteiger partial charge >= 0.3 is 0 Å². The molecular formula is C17H29NO2. The third-order valence-electron chi connectivity index (χ3n) is 3.42. The van der Waals surface area contributed by atoms with Gasteiger partial charge in [0.15, 0.2) is 0 Å². The molecule has 0 aliphatic rings. The zero-order valence-corrected chi connectivity index (χ0v) is 13.1. The number of unbranched alkanes of at least 4 members (excludes halogenated alkanes) is 1. The summed E-state index contributed by atoms with van der Waals surface area (Å²) in [5, 5.41) is 10.2. The highest BCUT2D eigenvalue weighted by Gasteiger charge is 2.09. The van der Waals surface area contributed by atoms with Crippen molar-refractivity contribution in [2.24, 2.45) is 0 Å². The summed E-state index contributed by atoms with van der Waals surface area (Å²) in [5.41, 5.74) is 0.970. The minimum atomic E-state index is -0.390. The number of ether oxygens (including phenoxy) is 1. The fraction of sp³-hybridized carbons (Fsp3) is 0.647. The summed E-state index contributed by atoms with van der Waals surface area (Å²) in [6.45, 7) is 7.06. The number of aliphatic hydroxyl groups is 1. The number of rotatable bonds is 10. The molecule has 1 N–H and O–H groups in total. The summed E-state index contributed by atoms with van der Waals surface area (Å²) in [6.07, 6.45) is 3.82. The van der Waals surface area contributed by atoms with Crippen LogP contribution in [0.1, 0.15) is 51.2 Å². The second-order valence-electron chi connectivity index (χ2n) is 5.38. The van der Waals surface area contributed by atoms with Gasteiger partial charge in [0.05, 0.1) is 12.7 Å². The molecule has 0 heterocycles. The lowest BCUT2D eigenvalue weighted by Gasteiger charge is -2.19. The molecule has 0 radical (unpaired) electrons. The SMILES string of the molecule is CCCCN(C)CCC(O)c1ccc(OCCC)cc1. The first kappa shape index (κ1) is 17.0. The van der Waals surface area contributed by atoms with Gasteiger partial charge in [-0.3, -0.25) is 0 Å². The molecule has 3 nitrogen and oxygen atoms in total. The van der Waals surface area contributed by atoms with E-state index in [2.05, 4.69) is 25.8 Å². The van der Waals surface area contributed by atoms with Gasteiger partial charge in [-0.1, -0.05) is 32.4 Å². The number of aliphatic hydroxyl groups excluding tert-OH is 1. The van der Waals surface area contributed by atoms with Crippen molar-refractivity contribution in [2.45, 2.75) is 45.6 Å². The van der Waals surface area contributed by atoms with E-state index in [1.165, 1.54) is 12.8 Å². The predicted octanol–water partition coefficient (Wildman–Crippen LogP) is 3.63. The molecule has 0 aromatic heterocycles. The molecular weight excluding hydrogens is 250 g/mol. The quantitative estimate of drug-likeness (QED) is 0.710. The Labute approximate surface area is 123 Å². The fourth-order valence-electron chi connectivity index (χ4n) is 2.06. The molecule has 20 heavy (non-hydrogen) atoms. The lowest BCUT2D eigenvalue weighted by atomic mass is 10.1. The molecule has 0 spiro atoms. The Morgan fingerprint density at radius 3 is 2.40 bits per heavy atom. The molecule has 1 aromatic rings. The molecule has 1 aromatic carbocycles. The lowest BCUT2D eigenvalue weighted by Crippen LogP contribution is -2.22. The molecule has 1 rings (SSSR count). The van der Waals surface area contributed by atoms with E-state index in [0.717, 1.165) is 43.9 Å². The van der Waals surface area contributed by atoms with E-state index >= 15 is 0 Å². The zero-order valence-electron chi connectivity index (χ0n) is 13.1. The Bertz CT molecular complexity index is 351. The van der Waals surface area contributed by atoms with E-state index in [9.17, 15) is 5.11 Å². The van der Waals surface area contributed by atoms with Gasteiger partial charge < -0.3 is 14.7 Å². The van der Waals surface area contributed by atoms with Crippen LogP contribution in [0.2, 0.25) is 0 Å². The van der Waals surface area contributed by atoms with Crippen LogP contribution in [0.15, 0.2) is 24.3 Å². The second kappa shape index (κ2) is 9.78. The van der Waals surface area contributed by atoms with E-state index in [4.69, 9.17) is 4.74 Å². The van der Waals surface area contributed by atoms with Crippen LogP contribution in [0.4, 0.5) is 0 Å². The maximum atomic E-state index is 10.2. The summed E-state index contributed by atoms with van der Waals surface area (Å²) in [6, 6.07) is 7.80. The summed E-state index contributed by atoms with van der Waals surface area (Å²) in [4.78, 5) is 2.28. The molecule has 0 saturated heterocycles. The predicted molar refractivity (Wildman–Crippen MR) is 84.2 cm³/mol. The smallest absolute Gasteiger partial charge is 0.119 e. The first-order valence-corrected chi connectivity index (χ1v) is 7.76. The van der Waals surface area contributed by atoms with Gasteiger partial charge in [-0.05, 0) is 50.6 Å². The summed E-state index contributed by atoms with van der Waals surface area (Å²) < 4.78 is 5.54. The van der Waals surface area contributed by atoms with Gasteiger partial charge in [0.1, 0.15) is 5.75 Å². The lowest BCUT2D eigenvalue weighted by molar-refractivity contribution is 0.148. The van der Waals surface area contributed by atoms with E-state index in [-0.39, 0.29) is 6.10 Å². The third-order valence-corrected chi connectivity index (χ3v) is 3.42. The molecule has 0 aliphatic carbocycles. The maximum Gasteiger partial charge on any atom is 0.119 e. The van der Waals surface area contributed by atoms with Crippen molar-refractivity contribution in [3.8, 4) is 5.75 Å². The van der Waals surface area contributed by atoms with Crippen LogP contribution >= 0.6 is 0 Å². The number of benzene rings is 1. The average molecular weight is 279 g/mol. The van der Waals surface area contributed by atoms with Gasteiger partial charge in [-0.2, -0.15) is 0 Å². The van der Waals surface area contributed by atoms with Crippen molar-refractivity contribution in [1.82, 2.24) is 4.90 Å². The monoisotopic (exact) mass is 279 g/mol. The molecule has 0 aliphatic heterocycles. The summed E-state index contributed by atoms with van der Waals surface area (Å²) in [7, 11) is 2.12. The largest absolute Gasteiger partial charge is 0.494 e. The topological polar surface area (TPSA) is 32.7 Å². The highest BCUT2D eigenvalue weighted by atomic mass is 16.5. The van der Waals surface area contributed by atoms with Gasteiger partial charge in [-0.15, -0.1) is 0 Å². The summed E-state index contributed by atoms with van der Waals surface area (Å²) >= 11 is 0. The normalized spacial score (nSPS) is 12.7. The molecule has 1 unspecified atom stereocenters. The highest BCUT2D eigenvalue weighted by molar-refractivity contribution is 5.28. The van der Waals surface area contributed by atoms with Crippen molar-refractivity contribution in [2.75, 3.05) is 26.7 Å². The van der Waals surface area contributed by atoms with Crippen molar-refractivity contribution < 1.29 is 9.84 Å². The van der Waals surface area contributed by atoms with Crippen LogP contribution in [-0.4, -0.2) is 36.8 Å². The Kier molecular flexibility index (Phi) is 8.31. The van der Waals surface area contributed by atoms with Crippen LogP contribution in [-0.2, 0) is 0 Å². The third kappa shape index (κ3) is 6.40. The first-order chi connectivity index (χ1) is 9.67. The van der Waals surface area contributed by atoms with Crippen LogP contribution in [0.5, 0.6) is 5.75 Å². The van der Waals surface area contributed by atoms with E-state index in [1.807, 2.05) is 24.3 Å². The first-order valence-electron chi connectivity index (χ1n) is 7.76. The molecule has 1 atom stereocenters. The minimum Gasteiger partial charge on any atom is -0.494 e. The van der Waals surface area contributed by atoms with Crippen LogP contribution < -0.4 is 4.74 Å². The Morgan fingerprint density at radius 1 is 1.10 bits per heavy atom. The van der Waals surface area contributed by atoms with E-state index < -0.39 is 0 Å². The van der Waals surface area contributed by atoms with Crippen molar-refractivity contribution in [3.63, 3.8) is 0 Å². The molecule has 0 bridgehead atoms. The molecule has 0 fully saturated rings. The minimum absolute atomic E-state index is 0.390. The summed E-state index contributed by atoms with van der Waals surface area (Å²) in [5.74, 6) is 0.878. The van der Waals surface area contributed by atoms with Gasteiger partial charge in [0.2, 0.25) is 0 Å². The fourth-order valence-corrected chi connectivity index (χ4v) is 2.06. The number of hydrogen-bond acceptors (Lipinski definition) is 3. The Balaban J connectivity index is 2.37. The second-order valence-corrected chi connectivity index (χ2v) is 5.38. The molecule has 3 heteroatoms. The highest BCUT2D eigenvalue weighted by Crippen LogP contribution is 2.20. The standard InChI is InChI=1S/C17H29NO2/c1-4-6-12-18(3)13-11-17(19)15-7-9-16(10-8-15)20-14-5-2/h7-10,17,19H,4-6,11-14H2,1-3H3. The maximum absolute atomic E-state index is 10.2. The van der Waals surface area contributed by atoms with Gasteiger partial charge in [-0.25, -0.2) is 0 Å². The Hall–Kier alpha value is -1.06. The van der Waals surface area contributed by atoms with E-state index in [1.54, 1.807) is 0 Å². The Morgan fingerprint density at radius 2 is 1.80 bits per heavy atom. The molecule has 0 amide bonds. The van der Waals surface area contributed by atoms with Crippen LogP contribution in [0.25, 0.3) is 0 Å².